The van der Waals surface area contributed by atoms with Gasteiger partial charge in [-0.2, -0.15) is 0 Å². The lowest BCUT2D eigenvalue weighted by Gasteiger charge is -2.40. The molecule has 0 spiro atoms. The van der Waals surface area contributed by atoms with Crippen molar-refractivity contribution >= 4 is 24.1 Å². The van der Waals surface area contributed by atoms with Crippen molar-refractivity contribution in [3.8, 4) is 0 Å². The second-order valence-corrected chi connectivity index (χ2v) is 13.7. The van der Waals surface area contributed by atoms with Gasteiger partial charge in [0.15, 0.2) is 0 Å². The molecule has 3 aliphatic rings. The smallest absolute Gasteiger partial charge is 0.407 e. The minimum Gasteiger partial charge on any atom is -0.459 e. The van der Waals surface area contributed by atoms with Crippen LogP contribution in [0.2, 0.25) is 0 Å². The Bertz CT molecular complexity index is 1310. The zero-order valence-electron chi connectivity index (χ0n) is 30.3. The number of aryl methyl sites for hydroxylation is 1. The van der Waals surface area contributed by atoms with Gasteiger partial charge in [0.05, 0.1) is 49.7 Å². The van der Waals surface area contributed by atoms with Gasteiger partial charge in [-0.3, -0.25) is 4.79 Å². The zero-order chi connectivity index (χ0) is 35.9. The van der Waals surface area contributed by atoms with Crippen LogP contribution in [0.5, 0.6) is 0 Å². The Morgan fingerprint density at radius 2 is 1.84 bits per heavy atom. The third-order valence-corrected chi connectivity index (χ3v) is 9.69. The lowest BCUT2D eigenvalue weighted by atomic mass is 9.86. The second-order valence-electron chi connectivity index (χ2n) is 13.7. The van der Waals surface area contributed by atoms with E-state index in [1.165, 1.54) is 13.2 Å². The Balaban J connectivity index is 1.35. The highest BCUT2D eigenvalue weighted by atomic mass is 16.6. The molecule has 0 saturated carbocycles. The maximum atomic E-state index is 13.3. The predicted molar refractivity (Wildman–Crippen MR) is 186 cm³/mol. The molecule has 1 aromatic heterocycles. The molecule has 9 unspecified atom stereocenters. The third kappa shape index (κ3) is 13.3. The maximum Gasteiger partial charge on any atom is 0.407 e. The van der Waals surface area contributed by atoms with Crippen molar-refractivity contribution in [2.24, 2.45) is 11.8 Å². The first kappa shape index (κ1) is 39.3. The summed E-state index contributed by atoms with van der Waals surface area (Å²) < 4.78 is 40.9. The number of hydrogen-bond donors (Lipinski definition) is 1. The van der Waals surface area contributed by atoms with Crippen molar-refractivity contribution < 1.29 is 47.2 Å². The highest BCUT2D eigenvalue weighted by molar-refractivity contribution is 5.82. The maximum absolute atomic E-state index is 13.3. The van der Waals surface area contributed by atoms with Gasteiger partial charge in [0, 0.05) is 45.4 Å². The van der Waals surface area contributed by atoms with E-state index in [2.05, 4.69) is 41.9 Å². The summed E-state index contributed by atoms with van der Waals surface area (Å²) in [5, 5.41) is 2.54. The molecule has 4 bridgehead atoms. The molecule has 1 amide bonds. The number of fused-ring (bicyclic) bond motifs is 4. The minimum atomic E-state index is -0.517. The summed E-state index contributed by atoms with van der Waals surface area (Å²) in [5.41, 5.74) is 0.735. The van der Waals surface area contributed by atoms with Crippen LogP contribution in [0.25, 0.3) is 6.08 Å². The number of allylic oxidation sites excluding steroid dienone is 2. The number of aromatic nitrogens is 1. The zero-order valence-corrected chi connectivity index (χ0v) is 30.3. The fourth-order valence-electron chi connectivity index (χ4n) is 6.61. The van der Waals surface area contributed by atoms with Crippen LogP contribution < -0.4 is 5.32 Å². The molecular formula is C38H56N2O10. The summed E-state index contributed by atoms with van der Waals surface area (Å²) in [7, 11) is 3.02. The molecule has 0 radical (unpaired) electrons. The summed E-state index contributed by atoms with van der Waals surface area (Å²) in [6, 6.07) is 0. The molecule has 1 N–H and O–H groups in total. The topological polar surface area (TPSA) is 145 Å². The van der Waals surface area contributed by atoms with Crippen molar-refractivity contribution in [1.82, 2.24) is 10.3 Å². The van der Waals surface area contributed by atoms with E-state index < -0.39 is 24.3 Å². The fourth-order valence-corrected chi connectivity index (χ4v) is 6.61. The van der Waals surface area contributed by atoms with Crippen LogP contribution in [0.3, 0.4) is 0 Å². The average molecular weight is 701 g/mol. The number of methoxy groups -OCH3 is 2. The van der Waals surface area contributed by atoms with Crippen LogP contribution in [0, 0.1) is 11.8 Å². The number of carbonyl (C=O) groups is 3. The van der Waals surface area contributed by atoms with Crippen molar-refractivity contribution in [2.45, 2.75) is 134 Å². The highest BCUT2D eigenvalue weighted by Crippen LogP contribution is 2.34. The molecule has 1 aromatic rings. The molecule has 50 heavy (non-hydrogen) atoms. The molecule has 3 aliphatic heterocycles. The first-order chi connectivity index (χ1) is 24.1. The number of carbonyl (C=O) groups excluding carboxylic acids is 3. The fraction of sp³-hybridized carbons (Fsp3) is 0.684. The Labute approximate surface area is 296 Å². The lowest BCUT2D eigenvalue weighted by molar-refractivity contribution is -0.171. The lowest BCUT2D eigenvalue weighted by Crippen LogP contribution is -2.43. The standard InChI is InChI=1S/C38H56N2O10/c1-6-25(2)13-15-29-18-28-16-14-26(3)34(48-28)22-30(44-4)19-31-20-32(21-33(47-31)23-37(42)49-29)50-36(41)12-8-7-10-27-24-46-35(40-27)11-9-17-39-38(43)45-5/h8-9,11-13,15,24-26,28-34H,6-7,10,14,16-23H2,1-5H3,(H,39,43). The summed E-state index contributed by atoms with van der Waals surface area (Å²) in [6.07, 6.45) is 17.3. The van der Waals surface area contributed by atoms with Gasteiger partial charge in [-0.25, -0.2) is 14.6 Å². The van der Waals surface area contributed by atoms with E-state index in [0.717, 1.165) is 31.4 Å². The number of hydrogen-bond acceptors (Lipinski definition) is 11. The van der Waals surface area contributed by atoms with E-state index in [9.17, 15) is 14.4 Å². The molecule has 0 aromatic carbocycles. The Morgan fingerprint density at radius 3 is 2.62 bits per heavy atom. The van der Waals surface area contributed by atoms with E-state index in [0.29, 0.717) is 56.3 Å². The Kier molecular flexibility index (Phi) is 16.0. The summed E-state index contributed by atoms with van der Waals surface area (Å²) in [5.74, 6) is 0.410. The summed E-state index contributed by atoms with van der Waals surface area (Å²) in [6.45, 7) is 6.80. The third-order valence-electron chi connectivity index (χ3n) is 9.69. The van der Waals surface area contributed by atoms with E-state index in [4.69, 9.17) is 28.1 Å². The van der Waals surface area contributed by atoms with E-state index >= 15 is 0 Å². The largest absolute Gasteiger partial charge is 0.459 e. The Morgan fingerprint density at radius 1 is 1.04 bits per heavy atom. The number of cyclic esters (lactones) is 1. The molecule has 12 heteroatoms. The molecule has 3 saturated heterocycles. The molecule has 3 fully saturated rings. The van der Waals surface area contributed by atoms with Crippen LogP contribution in [0.1, 0.15) is 96.6 Å². The molecule has 12 nitrogen and oxygen atoms in total. The first-order valence-electron chi connectivity index (χ1n) is 18.1. The molecule has 4 rings (SSSR count). The number of esters is 2. The van der Waals surface area contributed by atoms with Gasteiger partial charge in [-0.1, -0.05) is 45.4 Å². The van der Waals surface area contributed by atoms with Crippen LogP contribution in [-0.4, -0.2) is 86.5 Å². The number of oxazole rings is 1. The van der Waals surface area contributed by atoms with Gasteiger partial charge in [0.2, 0.25) is 5.89 Å². The number of nitrogens with one attached hydrogen (secondary N) is 1. The van der Waals surface area contributed by atoms with Crippen molar-refractivity contribution in [2.75, 3.05) is 20.8 Å². The average Bonchev–Trinajstić information content (AvgIpc) is 3.55. The van der Waals surface area contributed by atoms with E-state index in [1.807, 2.05) is 6.08 Å². The minimum absolute atomic E-state index is 0.0161. The van der Waals surface area contributed by atoms with Crippen molar-refractivity contribution in [1.29, 1.82) is 0 Å². The predicted octanol–water partition coefficient (Wildman–Crippen LogP) is 6.28. The summed E-state index contributed by atoms with van der Waals surface area (Å²) >= 11 is 0. The number of ether oxygens (including phenoxy) is 6. The number of amides is 1. The van der Waals surface area contributed by atoms with Crippen LogP contribution in [0.15, 0.2) is 41.1 Å². The van der Waals surface area contributed by atoms with E-state index in [-0.39, 0.29) is 49.5 Å². The normalized spacial score (nSPS) is 30.1. The van der Waals surface area contributed by atoms with Gasteiger partial charge in [-0.05, 0) is 56.1 Å². The molecule has 278 valence electrons. The van der Waals surface area contributed by atoms with E-state index in [1.54, 1.807) is 31.6 Å². The molecular weight excluding hydrogens is 644 g/mol. The number of alkyl carbamates (subject to hydrolysis) is 1. The van der Waals surface area contributed by atoms with Gasteiger partial charge >= 0.3 is 18.0 Å². The SMILES string of the molecule is CCC(C)C=CC1CC2CCC(C)C(CC(OC)CC3CC(OC(=O)C=CCCc4coc(C=CCNC(=O)OC)n4)CC(CC(=O)O1)O3)O2. The van der Waals surface area contributed by atoms with Crippen molar-refractivity contribution in [3.05, 3.63) is 48.2 Å². The van der Waals surface area contributed by atoms with Gasteiger partial charge in [0.1, 0.15) is 18.5 Å². The van der Waals surface area contributed by atoms with Crippen molar-refractivity contribution in [3.63, 3.8) is 0 Å². The first-order valence-corrected chi connectivity index (χ1v) is 18.1. The molecule has 4 heterocycles. The van der Waals surface area contributed by atoms with Crippen LogP contribution in [0.4, 0.5) is 4.79 Å². The molecule has 0 aliphatic carbocycles. The Hall–Kier alpha value is -3.48. The van der Waals surface area contributed by atoms with Gasteiger partial charge < -0.3 is 38.2 Å². The monoisotopic (exact) mass is 700 g/mol. The highest BCUT2D eigenvalue weighted by Gasteiger charge is 2.38. The summed E-state index contributed by atoms with van der Waals surface area (Å²) in [4.78, 5) is 41.7. The molecule has 9 atom stereocenters. The van der Waals surface area contributed by atoms with Gasteiger partial charge in [-0.15, -0.1) is 0 Å². The quantitative estimate of drug-likeness (QED) is 0.114. The second kappa shape index (κ2) is 20.4. The number of rotatable bonds is 12. The van der Waals surface area contributed by atoms with Crippen LogP contribution in [-0.2, 0) is 44.4 Å². The van der Waals surface area contributed by atoms with Gasteiger partial charge in [0.25, 0.3) is 0 Å². The number of nitrogens with zero attached hydrogens (tertiary/aromatic N) is 1. The van der Waals surface area contributed by atoms with Crippen LogP contribution >= 0.6 is 0 Å².